The van der Waals surface area contributed by atoms with Crippen molar-refractivity contribution in [3.05, 3.63) is 82.2 Å². The third-order valence-electron chi connectivity index (χ3n) is 4.76. The van der Waals surface area contributed by atoms with Crippen LogP contribution in [0.4, 0.5) is 0 Å². The second-order valence-corrected chi connectivity index (χ2v) is 8.70. The number of aromatic amines is 1. The van der Waals surface area contributed by atoms with E-state index in [0.29, 0.717) is 23.6 Å². The number of fused-ring (bicyclic) bond motifs is 1. The van der Waals surface area contributed by atoms with E-state index >= 15 is 0 Å². The minimum Gasteiger partial charge on any atom is -0.492 e. The predicted octanol–water partition coefficient (Wildman–Crippen LogP) is 6.29. The molecule has 6 heteroatoms. The molecule has 2 aromatic rings. The molecule has 174 valence electrons. The van der Waals surface area contributed by atoms with Crippen LogP contribution in [0.5, 0.6) is 0 Å². The standard InChI is InChI=1S/C24H31N3O2S.C2H6/c1-7-18(10-11-20(8-2)30(28)9-3)17(5)13-21(25)23(29-6)22-14-19-12-16(4)15-26-24(19)27-22;1-2/h7-8,10,12-15H,1,9,11,25H2,2-6H3,(H,26,27);1-2H3/b17-13+,18-10?,20-8+,23-21-;. The van der Waals surface area contributed by atoms with E-state index in [9.17, 15) is 4.21 Å². The number of methoxy groups -OCH3 is 1. The zero-order valence-electron chi connectivity index (χ0n) is 20.4. The van der Waals surface area contributed by atoms with Gasteiger partial charge in [0, 0.05) is 33.0 Å². The Labute approximate surface area is 195 Å². The van der Waals surface area contributed by atoms with Gasteiger partial charge in [-0.05, 0) is 62.1 Å². The van der Waals surface area contributed by atoms with Crippen molar-refractivity contribution in [2.24, 2.45) is 5.73 Å². The SMILES string of the molecule is C=CC(=CC/C(=C\C)S(=O)CC)/C(C)=C/C(N)=C(/OC)c1cc2cc(C)cnc2[nH]1.CC. The summed E-state index contributed by atoms with van der Waals surface area (Å²) in [7, 11) is 0.644. The first-order chi connectivity index (χ1) is 15.3. The smallest absolute Gasteiger partial charge is 0.165 e. The molecule has 32 heavy (non-hydrogen) atoms. The van der Waals surface area contributed by atoms with Crippen molar-refractivity contribution in [2.75, 3.05) is 12.9 Å². The largest absolute Gasteiger partial charge is 0.492 e. The minimum absolute atomic E-state index is 0.495. The van der Waals surface area contributed by atoms with E-state index in [1.807, 2.05) is 72.0 Å². The van der Waals surface area contributed by atoms with Crippen molar-refractivity contribution < 1.29 is 8.95 Å². The van der Waals surface area contributed by atoms with E-state index in [1.165, 1.54) is 0 Å². The van der Waals surface area contributed by atoms with Gasteiger partial charge in [-0.2, -0.15) is 0 Å². The molecule has 0 aromatic carbocycles. The van der Waals surface area contributed by atoms with Gasteiger partial charge in [0.05, 0.1) is 18.5 Å². The molecular weight excluding hydrogens is 418 g/mol. The Hall–Kier alpha value is -2.86. The van der Waals surface area contributed by atoms with E-state index in [1.54, 1.807) is 13.2 Å². The van der Waals surface area contributed by atoms with Gasteiger partial charge in [0.15, 0.2) is 5.76 Å². The molecule has 1 unspecified atom stereocenters. The Morgan fingerprint density at radius 2 is 2.03 bits per heavy atom. The molecule has 0 saturated carbocycles. The van der Waals surface area contributed by atoms with Gasteiger partial charge in [-0.15, -0.1) is 0 Å². The lowest BCUT2D eigenvalue weighted by Gasteiger charge is -2.09. The highest BCUT2D eigenvalue weighted by Crippen LogP contribution is 2.24. The molecule has 0 bridgehead atoms. The molecule has 0 aliphatic heterocycles. The van der Waals surface area contributed by atoms with Crippen LogP contribution in [0.25, 0.3) is 16.8 Å². The number of aryl methyl sites for hydroxylation is 1. The summed E-state index contributed by atoms with van der Waals surface area (Å²) in [5.74, 6) is 1.16. The molecule has 0 saturated heterocycles. The van der Waals surface area contributed by atoms with Gasteiger partial charge in [0.25, 0.3) is 0 Å². The topological polar surface area (TPSA) is 81.0 Å². The van der Waals surface area contributed by atoms with Crippen LogP contribution < -0.4 is 5.73 Å². The summed E-state index contributed by atoms with van der Waals surface area (Å²) in [5.41, 5.74) is 11.4. The maximum absolute atomic E-state index is 12.1. The maximum Gasteiger partial charge on any atom is 0.165 e. The average molecular weight is 456 g/mol. The van der Waals surface area contributed by atoms with E-state index in [-0.39, 0.29) is 0 Å². The molecule has 2 aromatic heterocycles. The fraction of sp³-hybridized carbons (Fsp3) is 0.346. The normalized spacial score (nSPS) is 14.4. The molecule has 2 heterocycles. The molecule has 3 N–H and O–H groups in total. The quantitative estimate of drug-likeness (QED) is 0.344. The fourth-order valence-electron chi connectivity index (χ4n) is 3.16. The highest BCUT2D eigenvalue weighted by molar-refractivity contribution is 7.88. The molecule has 0 fully saturated rings. The summed E-state index contributed by atoms with van der Waals surface area (Å²) in [6, 6.07) is 4.04. The van der Waals surface area contributed by atoms with E-state index in [4.69, 9.17) is 10.5 Å². The minimum atomic E-state index is -0.952. The molecule has 1 atom stereocenters. The van der Waals surface area contributed by atoms with Gasteiger partial charge < -0.3 is 15.5 Å². The van der Waals surface area contributed by atoms with E-state index in [2.05, 4.69) is 22.6 Å². The third kappa shape index (κ3) is 7.09. The number of allylic oxidation sites excluding steroid dienone is 7. The van der Waals surface area contributed by atoms with Gasteiger partial charge in [0.2, 0.25) is 0 Å². The lowest BCUT2D eigenvalue weighted by atomic mass is 10.0. The Morgan fingerprint density at radius 3 is 2.59 bits per heavy atom. The van der Waals surface area contributed by atoms with Crippen molar-refractivity contribution in [2.45, 2.75) is 48.0 Å². The van der Waals surface area contributed by atoms with Crippen molar-refractivity contribution in [1.82, 2.24) is 9.97 Å². The van der Waals surface area contributed by atoms with Crippen LogP contribution >= 0.6 is 0 Å². The van der Waals surface area contributed by atoms with Gasteiger partial charge in [-0.3, -0.25) is 4.21 Å². The second kappa shape index (κ2) is 13.5. The van der Waals surface area contributed by atoms with Gasteiger partial charge in [-0.1, -0.05) is 45.6 Å². The third-order valence-corrected chi connectivity index (χ3v) is 6.28. The predicted molar refractivity (Wildman–Crippen MR) is 139 cm³/mol. The molecule has 0 radical (unpaired) electrons. The molecular formula is C26H37N3O2S. The number of nitrogens with two attached hydrogens (primary N) is 1. The highest BCUT2D eigenvalue weighted by atomic mass is 32.2. The number of pyridine rings is 1. The lowest BCUT2D eigenvalue weighted by molar-refractivity contribution is 0.366. The van der Waals surface area contributed by atoms with Crippen molar-refractivity contribution >= 4 is 27.6 Å². The molecule has 0 spiro atoms. The Bertz CT molecular complexity index is 1070. The van der Waals surface area contributed by atoms with Crippen molar-refractivity contribution in [3.8, 4) is 0 Å². The number of aromatic nitrogens is 2. The van der Waals surface area contributed by atoms with Crippen LogP contribution in [0.15, 0.2) is 71.0 Å². The number of H-pyrrole nitrogens is 1. The lowest BCUT2D eigenvalue weighted by Crippen LogP contribution is -2.03. The van der Waals surface area contributed by atoms with Crippen LogP contribution in [0, 0.1) is 6.92 Å². The van der Waals surface area contributed by atoms with Crippen molar-refractivity contribution in [1.29, 1.82) is 0 Å². The molecule has 0 aliphatic rings. The molecule has 0 amide bonds. The summed E-state index contributed by atoms with van der Waals surface area (Å²) < 4.78 is 17.7. The van der Waals surface area contributed by atoms with Crippen LogP contribution in [0.2, 0.25) is 0 Å². The summed E-state index contributed by atoms with van der Waals surface area (Å²) in [6.45, 7) is 15.7. The van der Waals surface area contributed by atoms with Gasteiger partial charge >= 0.3 is 0 Å². The fourth-order valence-corrected chi connectivity index (χ4v) is 4.06. The number of hydrogen-bond donors (Lipinski definition) is 2. The van der Waals surface area contributed by atoms with E-state index in [0.717, 1.165) is 38.3 Å². The first kappa shape index (κ1) is 27.2. The molecule has 2 rings (SSSR count). The summed E-state index contributed by atoms with van der Waals surface area (Å²) >= 11 is 0. The molecule has 0 aliphatic carbocycles. The zero-order valence-corrected chi connectivity index (χ0v) is 21.2. The number of nitrogens with zero attached hydrogens (tertiary/aromatic N) is 1. The van der Waals surface area contributed by atoms with Crippen LogP contribution in [-0.2, 0) is 15.5 Å². The van der Waals surface area contributed by atoms with Crippen LogP contribution in [-0.4, -0.2) is 27.0 Å². The number of hydrogen-bond acceptors (Lipinski definition) is 4. The van der Waals surface area contributed by atoms with Gasteiger partial charge in [0.1, 0.15) is 5.65 Å². The Kier molecular flexibility index (Phi) is 11.5. The number of rotatable bonds is 9. The molecule has 5 nitrogen and oxygen atoms in total. The van der Waals surface area contributed by atoms with Crippen LogP contribution in [0.3, 0.4) is 0 Å². The first-order valence-corrected chi connectivity index (χ1v) is 12.2. The summed E-state index contributed by atoms with van der Waals surface area (Å²) in [5, 5.41) is 1.00. The average Bonchev–Trinajstić information content (AvgIpc) is 3.20. The zero-order chi connectivity index (χ0) is 24.3. The van der Waals surface area contributed by atoms with Crippen molar-refractivity contribution in [3.63, 3.8) is 0 Å². The maximum atomic E-state index is 12.1. The monoisotopic (exact) mass is 455 g/mol. The van der Waals surface area contributed by atoms with Gasteiger partial charge in [-0.25, -0.2) is 4.98 Å². The summed E-state index contributed by atoms with van der Waals surface area (Å²) in [4.78, 5) is 8.57. The van der Waals surface area contributed by atoms with E-state index < -0.39 is 10.8 Å². The van der Waals surface area contributed by atoms with Crippen LogP contribution in [0.1, 0.15) is 52.3 Å². The Balaban J connectivity index is 0.00000249. The highest BCUT2D eigenvalue weighted by Gasteiger charge is 2.11. The Morgan fingerprint density at radius 1 is 1.34 bits per heavy atom. The first-order valence-electron chi connectivity index (χ1n) is 10.9. The number of ether oxygens (including phenoxy) is 1. The summed E-state index contributed by atoms with van der Waals surface area (Å²) in [6.07, 6.45) is 10.0. The second-order valence-electron chi connectivity index (χ2n) is 6.91. The number of nitrogens with one attached hydrogen (secondary N) is 1.